The molecule has 1 fully saturated rings. The van der Waals surface area contributed by atoms with Gasteiger partial charge in [-0.2, -0.15) is 0 Å². The predicted molar refractivity (Wildman–Crippen MR) is 297 cm³/mol. The molecular weight excluding hydrogens is 947 g/mol. The number of hydrogen-bond acceptors (Lipinski definition) is 7. The van der Waals surface area contributed by atoms with Gasteiger partial charge in [0, 0.05) is 11.5 Å². The summed E-state index contributed by atoms with van der Waals surface area (Å²) < 4.78 is -1.74. The van der Waals surface area contributed by atoms with E-state index in [4.69, 9.17) is 0 Å². The number of thioether (sulfide) groups is 2. The fourth-order valence-electron chi connectivity index (χ4n) is 9.56. The summed E-state index contributed by atoms with van der Waals surface area (Å²) in [5.74, 6) is -3.48. The first-order valence-corrected chi connectivity index (χ1v) is 27.4. The third-order valence-corrected chi connectivity index (χ3v) is 16.9. The molecule has 5 N–H and O–H groups in total. The van der Waals surface area contributed by atoms with E-state index in [2.05, 4.69) is 99.4 Å². The maximum absolute atomic E-state index is 15.6. The molecule has 0 saturated carbocycles. The summed E-state index contributed by atoms with van der Waals surface area (Å²) in [4.78, 5) is 74.7. The Balaban J connectivity index is 1.38. The minimum absolute atomic E-state index is 0.0102. The number of amides is 5. The van der Waals surface area contributed by atoms with Crippen molar-refractivity contribution in [2.75, 3.05) is 11.5 Å². The lowest BCUT2D eigenvalue weighted by atomic mass is 9.84. The molecule has 0 unspecified atom stereocenters. The second-order valence-electron chi connectivity index (χ2n) is 19.6. The largest absolute Gasteiger partial charge is 0.343 e. The van der Waals surface area contributed by atoms with Crippen molar-refractivity contribution < 1.29 is 24.0 Å². The van der Waals surface area contributed by atoms with E-state index in [0.29, 0.717) is 6.42 Å². The van der Waals surface area contributed by atoms with Crippen molar-refractivity contribution >= 4 is 53.1 Å². The normalized spacial score (nSPS) is 19.9. The number of rotatable bonds is 17. The molecule has 0 spiro atoms. The van der Waals surface area contributed by atoms with Gasteiger partial charge >= 0.3 is 0 Å². The van der Waals surface area contributed by atoms with Crippen molar-refractivity contribution in [2.45, 2.75) is 94.1 Å². The van der Waals surface area contributed by atoms with Crippen molar-refractivity contribution in [1.82, 2.24) is 26.6 Å². The van der Waals surface area contributed by atoms with Crippen LogP contribution in [0.3, 0.4) is 0 Å². The average Bonchev–Trinajstić information content (AvgIpc) is 3.42. The summed E-state index contributed by atoms with van der Waals surface area (Å²) in [6.07, 6.45) is 0.814. The van der Waals surface area contributed by atoms with Gasteiger partial charge in [0.1, 0.15) is 30.2 Å². The highest BCUT2D eigenvalue weighted by molar-refractivity contribution is 8.01. The van der Waals surface area contributed by atoms with E-state index < -0.39 is 75.2 Å². The van der Waals surface area contributed by atoms with Crippen LogP contribution in [0.5, 0.6) is 0 Å². The van der Waals surface area contributed by atoms with Gasteiger partial charge in [-0.15, -0.1) is 23.5 Å². The van der Waals surface area contributed by atoms with E-state index >= 15 is 14.4 Å². The van der Waals surface area contributed by atoms with E-state index in [1.807, 2.05) is 151 Å². The van der Waals surface area contributed by atoms with Gasteiger partial charge in [0.05, 0.1) is 9.49 Å². The first-order chi connectivity index (χ1) is 35.3. The summed E-state index contributed by atoms with van der Waals surface area (Å²) in [5.41, 5.74) is 5.79. The van der Waals surface area contributed by atoms with Gasteiger partial charge in [0.2, 0.25) is 29.5 Å². The zero-order valence-corrected chi connectivity index (χ0v) is 44.3. The van der Waals surface area contributed by atoms with Gasteiger partial charge < -0.3 is 26.6 Å². The van der Waals surface area contributed by atoms with Crippen LogP contribution in [0.4, 0.5) is 0 Å². The van der Waals surface area contributed by atoms with Crippen LogP contribution < -0.4 is 26.6 Å². The molecule has 0 bridgehead atoms. The molecule has 0 aromatic heterocycles. The van der Waals surface area contributed by atoms with Crippen LogP contribution in [0.15, 0.2) is 182 Å². The standard InChI is InChI=1S/C61H69N5O5S2/c1-7-43(6)54-59(71)64-51(39-72-60(44-26-14-8-15-27-44,45-28-16-9-17-29-45)46-30-18-10-19-31-46)56(68)63-52(57(69)65-53(42(4)5)58(70)62-50(38-41(2)3)55(67)66-54)40-73-61(47-32-20-11-21-33-47,48-34-22-12-23-35-48)49-36-24-13-25-37-49/h8-37,41-43,50-54H,7,38-40H2,1-6H3,(H,62,70)(H,63,68)(H,64,71)(H,65,69)(H,66,67)/t43-,50+,51+,52+,53-,54-/m0/s1. The summed E-state index contributed by atoms with van der Waals surface area (Å²) in [7, 11) is 0. The van der Waals surface area contributed by atoms with Crippen molar-refractivity contribution in [2.24, 2.45) is 17.8 Å². The fraction of sp³-hybridized carbons (Fsp3) is 0.328. The number of nitrogens with one attached hydrogen (secondary N) is 5. The minimum Gasteiger partial charge on any atom is -0.343 e. The van der Waals surface area contributed by atoms with Crippen LogP contribution in [-0.4, -0.2) is 71.3 Å². The molecule has 12 heteroatoms. The summed E-state index contributed by atoms with van der Waals surface area (Å²) in [6, 6.07) is 54.9. The lowest BCUT2D eigenvalue weighted by Crippen LogP contribution is -2.60. The zero-order chi connectivity index (χ0) is 52.0. The molecule has 6 aromatic rings. The molecule has 6 atom stereocenters. The van der Waals surface area contributed by atoms with Crippen LogP contribution in [0.25, 0.3) is 0 Å². The Hall–Kier alpha value is -6.63. The van der Waals surface area contributed by atoms with Gasteiger partial charge in [-0.1, -0.05) is 230 Å². The SMILES string of the molecule is CC[C@H](C)[C@@H]1NC(=O)[C@@H](CC(C)C)NC(=O)[C@H](C(C)C)NC(=O)[C@@H](CSC(c2ccccc2)(c2ccccc2)c2ccccc2)NC(=O)[C@@H](CSC(c2ccccc2)(c2ccccc2)c2ccccc2)NC1=O. The van der Waals surface area contributed by atoms with E-state index in [1.165, 1.54) is 23.5 Å². The van der Waals surface area contributed by atoms with Gasteiger partial charge in [-0.05, 0) is 57.6 Å². The van der Waals surface area contributed by atoms with Crippen molar-refractivity contribution in [1.29, 1.82) is 0 Å². The third-order valence-electron chi connectivity index (χ3n) is 13.7. The molecule has 1 saturated heterocycles. The van der Waals surface area contributed by atoms with Crippen molar-refractivity contribution in [3.63, 3.8) is 0 Å². The second kappa shape index (κ2) is 25.3. The van der Waals surface area contributed by atoms with Gasteiger partial charge in [-0.25, -0.2) is 0 Å². The van der Waals surface area contributed by atoms with Crippen LogP contribution in [0.1, 0.15) is 87.8 Å². The zero-order valence-electron chi connectivity index (χ0n) is 42.6. The summed E-state index contributed by atoms with van der Waals surface area (Å²) >= 11 is 3.01. The highest BCUT2D eigenvalue weighted by Gasteiger charge is 2.43. The Morgan fingerprint density at radius 3 is 0.973 bits per heavy atom. The molecule has 7 rings (SSSR count). The Morgan fingerprint density at radius 1 is 0.384 bits per heavy atom. The first kappa shape index (κ1) is 54.2. The highest BCUT2D eigenvalue weighted by atomic mass is 32.2. The minimum atomic E-state index is -1.23. The van der Waals surface area contributed by atoms with Crippen LogP contribution >= 0.6 is 23.5 Å². The van der Waals surface area contributed by atoms with E-state index in [9.17, 15) is 9.59 Å². The molecular formula is C61H69N5O5S2. The van der Waals surface area contributed by atoms with E-state index in [-0.39, 0.29) is 29.8 Å². The maximum Gasteiger partial charge on any atom is 0.244 e. The molecule has 380 valence electrons. The maximum atomic E-state index is 15.6. The second-order valence-corrected chi connectivity index (χ2v) is 22.1. The molecule has 73 heavy (non-hydrogen) atoms. The molecule has 1 aliphatic heterocycles. The third kappa shape index (κ3) is 12.8. The highest BCUT2D eigenvalue weighted by Crippen LogP contribution is 2.50. The van der Waals surface area contributed by atoms with Gasteiger partial charge in [0.25, 0.3) is 0 Å². The van der Waals surface area contributed by atoms with Gasteiger partial charge in [0.15, 0.2) is 0 Å². The Labute approximate surface area is 440 Å². The monoisotopic (exact) mass is 1020 g/mol. The first-order valence-electron chi connectivity index (χ1n) is 25.4. The average molecular weight is 1020 g/mol. The molecule has 0 radical (unpaired) electrons. The van der Waals surface area contributed by atoms with E-state index in [0.717, 1.165) is 33.4 Å². The summed E-state index contributed by atoms with van der Waals surface area (Å²) in [5, 5.41) is 15.2. The molecule has 5 amide bonds. The fourth-order valence-corrected chi connectivity index (χ4v) is 12.7. The molecule has 0 aliphatic carbocycles. The number of carbonyl (C=O) groups excluding carboxylic acids is 5. The van der Waals surface area contributed by atoms with Gasteiger partial charge in [-0.3, -0.25) is 24.0 Å². The van der Waals surface area contributed by atoms with Crippen molar-refractivity contribution in [3.05, 3.63) is 215 Å². The molecule has 10 nitrogen and oxygen atoms in total. The van der Waals surface area contributed by atoms with Crippen molar-refractivity contribution in [3.8, 4) is 0 Å². The van der Waals surface area contributed by atoms with Crippen LogP contribution in [-0.2, 0) is 33.5 Å². The molecule has 1 aliphatic rings. The van der Waals surface area contributed by atoms with Crippen LogP contribution in [0, 0.1) is 17.8 Å². The topological polar surface area (TPSA) is 146 Å². The Morgan fingerprint density at radius 2 is 0.658 bits per heavy atom. The number of benzene rings is 6. The Bertz CT molecular complexity index is 2540. The number of hydrogen-bond donors (Lipinski definition) is 5. The van der Waals surface area contributed by atoms with Crippen LogP contribution in [0.2, 0.25) is 0 Å². The predicted octanol–water partition coefficient (Wildman–Crippen LogP) is 9.62. The quantitative estimate of drug-likeness (QED) is 0.0573. The lowest BCUT2D eigenvalue weighted by molar-refractivity contribution is -0.135. The lowest BCUT2D eigenvalue weighted by Gasteiger charge is -2.37. The summed E-state index contributed by atoms with van der Waals surface area (Å²) in [6.45, 7) is 11.4. The van der Waals surface area contributed by atoms with E-state index in [1.54, 1.807) is 0 Å². The molecule has 1 heterocycles. The smallest absolute Gasteiger partial charge is 0.244 e. The number of carbonyl (C=O) groups is 5. The Kier molecular flexibility index (Phi) is 18.8. The molecule has 6 aromatic carbocycles.